The number of hydrogen-bond acceptors (Lipinski definition) is 11. The Morgan fingerprint density at radius 3 is 2.30 bits per heavy atom. The molecular weight excluding hydrogens is 685 g/mol. The van der Waals surface area contributed by atoms with E-state index in [4.69, 9.17) is 18.9 Å². The van der Waals surface area contributed by atoms with Crippen molar-refractivity contribution in [2.75, 3.05) is 19.0 Å². The normalized spacial score (nSPS) is 14.6. The third kappa shape index (κ3) is 13.8. The first-order valence-electron chi connectivity index (χ1n) is 19.1. The van der Waals surface area contributed by atoms with E-state index in [-0.39, 0.29) is 55.6 Å². The first-order chi connectivity index (χ1) is 25.8. The monoisotopic (exact) mass is 739 g/mol. The molecule has 0 saturated carbocycles. The summed E-state index contributed by atoms with van der Waals surface area (Å²) in [6.07, 6.45) is 15.9. The Labute approximate surface area is 310 Å². The number of amides is 1. The number of cyclic esters (lactones) is 1. The minimum atomic E-state index is -1.07. The number of esters is 3. The number of fused-ring (bicyclic) bond motifs is 1. The Morgan fingerprint density at radius 1 is 0.962 bits per heavy atom. The largest absolute Gasteiger partial charge is 0.461 e. The van der Waals surface area contributed by atoms with Crippen LogP contribution in [0.15, 0.2) is 30.6 Å². The molecule has 0 spiro atoms. The van der Waals surface area contributed by atoms with Crippen molar-refractivity contribution in [1.29, 1.82) is 0 Å². The molecule has 3 heterocycles. The van der Waals surface area contributed by atoms with E-state index in [1.807, 2.05) is 0 Å². The van der Waals surface area contributed by atoms with Gasteiger partial charge in [-0.05, 0) is 18.9 Å². The van der Waals surface area contributed by atoms with Gasteiger partial charge in [0.1, 0.15) is 13.2 Å². The zero-order valence-electron chi connectivity index (χ0n) is 31.1. The van der Waals surface area contributed by atoms with Crippen molar-refractivity contribution in [3.05, 3.63) is 47.8 Å². The van der Waals surface area contributed by atoms with Crippen LogP contribution in [0.3, 0.4) is 0 Å². The average Bonchev–Trinajstić information content (AvgIpc) is 3.78. The molecule has 53 heavy (non-hydrogen) atoms. The molecule has 0 radical (unpaired) electrons. The molecule has 1 N–H and O–H groups in total. The van der Waals surface area contributed by atoms with E-state index in [0.29, 0.717) is 24.0 Å². The number of hydrogen-bond donors (Lipinski definition) is 1. The highest BCUT2D eigenvalue weighted by atomic mass is 19.1. The fourth-order valence-electron chi connectivity index (χ4n) is 6.24. The average molecular weight is 740 g/mol. The lowest BCUT2D eigenvalue weighted by Crippen LogP contribution is -2.28. The number of aromatic nitrogens is 4. The maximum absolute atomic E-state index is 14.4. The number of nitrogens with zero attached hydrogens (tertiary/aromatic N) is 4. The fraction of sp³-hybridized carbons (Fsp3) is 0.615. The van der Waals surface area contributed by atoms with Gasteiger partial charge < -0.3 is 28.8 Å². The molecule has 1 fully saturated rings. The smallest absolute Gasteiger partial charge is 0.338 e. The van der Waals surface area contributed by atoms with Gasteiger partial charge in [-0.25, -0.2) is 9.78 Å². The summed E-state index contributed by atoms with van der Waals surface area (Å²) >= 11 is 0. The predicted octanol–water partition coefficient (Wildman–Crippen LogP) is 7.40. The van der Waals surface area contributed by atoms with Crippen molar-refractivity contribution < 1.29 is 42.5 Å². The van der Waals surface area contributed by atoms with E-state index in [1.165, 1.54) is 77.6 Å². The van der Waals surface area contributed by atoms with E-state index < -0.39 is 36.1 Å². The van der Waals surface area contributed by atoms with E-state index in [2.05, 4.69) is 27.2 Å². The van der Waals surface area contributed by atoms with Crippen molar-refractivity contribution in [2.45, 2.75) is 141 Å². The number of ether oxygens (including phenoxy) is 4. The zero-order valence-corrected chi connectivity index (χ0v) is 31.1. The third-order valence-electron chi connectivity index (χ3n) is 9.39. The summed E-state index contributed by atoms with van der Waals surface area (Å²) in [4.78, 5) is 61.2. The quantitative estimate of drug-likeness (QED) is 0.0399. The number of imidazole rings is 1. The zero-order chi connectivity index (χ0) is 37.8. The van der Waals surface area contributed by atoms with Crippen molar-refractivity contribution in [3.8, 4) is 0 Å². The lowest BCUT2D eigenvalue weighted by Gasteiger charge is -2.17. The number of aryl methyl sites for hydroxylation is 1. The highest BCUT2D eigenvalue weighted by Crippen LogP contribution is 2.22. The van der Waals surface area contributed by atoms with Gasteiger partial charge in [0.05, 0.1) is 18.0 Å². The number of rotatable bonds is 25. The lowest BCUT2D eigenvalue weighted by atomic mass is 10.0. The predicted molar refractivity (Wildman–Crippen MR) is 195 cm³/mol. The molecule has 2 unspecified atom stereocenters. The van der Waals surface area contributed by atoms with Crippen LogP contribution in [-0.4, -0.2) is 69.3 Å². The number of methoxy groups -OCH3 is 1. The maximum Gasteiger partial charge on any atom is 0.338 e. The van der Waals surface area contributed by atoms with Crippen LogP contribution >= 0.6 is 0 Å². The number of carbonyl (C=O) groups excluding carboxylic acids is 4. The van der Waals surface area contributed by atoms with Gasteiger partial charge in [-0.15, -0.1) is 0 Å². The van der Waals surface area contributed by atoms with E-state index >= 15 is 0 Å². The molecule has 4 rings (SSSR count). The molecule has 2 aromatic heterocycles. The maximum atomic E-state index is 14.4. The van der Waals surface area contributed by atoms with Gasteiger partial charge in [0.15, 0.2) is 23.1 Å². The standard InChI is InChI=1S/C39H54FN5O8/c1-3-4-5-6-7-8-9-10-11-12-13-14-15-20-32(46)51-25-28-18-16-17-19-30(28)38(49)52-26-29(50-2)23-24-45-27-41-34-35(43-39(40)44-36(34)45)42-37(48)31-21-22-33(47)53-31/h16-19,27,29,31H,3-15,20-26H2,1-2H3,(H,42,43,44,48). The minimum Gasteiger partial charge on any atom is -0.461 e. The van der Waals surface area contributed by atoms with Crippen molar-refractivity contribution >= 4 is 40.8 Å². The molecule has 3 aromatic rings. The number of anilines is 1. The van der Waals surface area contributed by atoms with Crippen molar-refractivity contribution in [3.63, 3.8) is 0 Å². The van der Waals surface area contributed by atoms with E-state index in [0.717, 1.165) is 19.3 Å². The lowest BCUT2D eigenvalue weighted by molar-refractivity contribution is -0.146. The Balaban J connectivity index is 1.16. The molecule has 1 aliphatic rings. The van der Waals surface area contributed by atoms with Gasteiger partial charge in [0, 0.05) is 38.5 Å². The molecule has 1 aromatic carbocycles. The molecule has 1 saturated heterocycles. The number of benzene rings is 1. The van der Waals surface area contributed by atoms with Gasteiger partial charge in [-0.2, -0.15) is 14.4 Å². The molecule has 290 valence electrons. The molecule has 14 heteroatoms. The summed E-state index contributed by atoms with van der Waals surface area (Å²) in [6, 6.07) is 6.84. The summed E-state index contributed by atoms with van der Waals surface area (Å²) < 4.78 is 37.5. The van der Waals surface area contributed by atoms with Crippen LogP contribution in [0.4, 0.5) is 10.2 Å². The van der Waals surface area contributed by atoms with E-state index in [9.17, 15) is 23.6 Å². The molecule has 2 atom stereocenters. The van der Waals surface area contributed by atoms with Crippen molar-refractivity contribution in [1.82, 2.24) is 19.5 Å². The molecule has 0 bridgehead atoms. The van der Waals surface area contributed by atoms with Gasteiger partial charge in [0.25, 0.3) is 5.91 Å². The van der Waals surface area contributed by atoms with Gasteiger partial charge in [-0.1, -0.05) is 102 Å². The topological polar surface area (TPSA) is 161 Å². The molecule has 1 aliphatic heterocycles. The second-order valence-corrected chi connectivity index (χ2v) is 13.5. The summed E-state index contributed by atoms with van der Waals surface area (Å²) in [6.45, 7) is 2.41. The van der Waals surface area contributed by atoms with Crippen molar-refractivity contribution in [2.24, 2.45) is 0 Å². The highest BCUT2D eigenvalue weighted by molar-refractivity contribution is 6.00. The summed E-state index contributed by atoms with van der Waals surface area (Å²) in [7, 11) is 1.49. The summed E-state index contributed by atoms with van der Waals surface area (Å²) in [5.41, 5.74) is 1.14. The van der Waals surface area contributed by atoms with Crippen LogP contribution in [0.1, 0.15) is 132 Å². The summed E-state index contributed by atoms with van der Waals surface area (Å²) in [5, 5.41) is 2.48. The fourth-order valence-corrected chi connectivity index (χ4v) is 6.24. The first-order valence-corrected chi connectivity index (χ1v) is 19.1. The van der Waals surface area contributed by atoms with Gasteiger partial charge >= 0.3 is 24.0 Å². The number of unbranched alkanes of at least 4 members (excludes halogenated alkanes) is 12. The first kappa shape index (κ1) is 41.3. The van der Waals surface area contributed by atoms with E-state index in [1.54, 1.807) is 28.8 Å². The van der Waals surface area contributed by atoms with Crippen LogP contribution in [0.2, 0.25) is 0 Å². The summed E-state index contributed by atoms with van der Waals surface area (Å²) in [5.74, 6) is -2.11. The molecule has 1 amide bonds. The number of carbonyl (C=O) groups is 4. The Kier molecular flexibility index (Phi) is 17.6. The molecular formula is C39H54FN5O8. The highest BCUT2D eigenvalue weighted by Gasteiger charge is 2.31. The Bertz CT molecular complexity index is 1630. The van der Waals surface area contributed by atoms with Crippen LogP contribution < -0.4 is 5.32 Å². The second kappa shape index (κ2) is 22.6. The molecule has 13 nitrogen and oxygen atoms in total. The van der Waals surface area contributed by atoms with Gasteiger partial charge in [-0.3, -0.25) is 14.4 Å². The molecule has 0 aliphatic carbocycles. The Hall–Kier alpha value is -4.46. The minimum absolute atomic E-state index is 0.0311. The van der Waals surface area contributed by atoms with Crippen LogP contribution in [0, 0.1) is 6.08 Å². The second-order valence-electron chi connectivity index (χ2n) is 13.5. The number of halogens is 1. The Morgan fingerprint density at radius 2 is 1.64 bits per heavy atom. The number of nitrogens with one attached hydrogen (secondary N) is 1. The SMILES string of the molecule is CCCCCCCCCCCCCCCC(=O)OCc1ccccc1C(=O)OCC(CCn1cnc2c(NC(=O)C3CCC(=O)O3)nc(F)nc21)OC. The van der Waals surface area contributed by atoms with Crippen LogP contribution in [0.25, 0.3) is 11.2 Å². The van der Waals surface area contributed by atoms with Crippen LogP contribution in [-0.2, 0) is 46.5 Å². The van der Waals surface area contributed by atoms with Gasteiger partial charge in [0.2, 0.25) is 0 Å². The van der Waals surface area contributed by atoms with Crippen LogP contribution in [0.5, 0.6) is 0 Å². The third-order valence-corrected chi connectivity index (χ3v) is 9.39.